The predicted octanol–water partition coefficient (Wildman–Crippen LogP) is 4.63. The van der Waals surface area contributed by atoms with Crippen molar-refractivity contribution in [1.29, 1.82) is 0 Å². The van der Waals surface area contributed by atoms with Gasteiger partial charge in [0.1, 0.15) is 0 Å². The summed E-state index contributed by atoms with van der Waals surface area (Å²) in [6, 6.07) is 15.0. The van der Waals surface area contributed by atoms with Crippen molar-refractivity contribution >= 4 is 23.0 Å². The van der Waals surface area contributed by atoms with Gasteiger partial charge in [-0.15, -0.1) is 0 Å². The molecule has 1 aliphatic heterocycles. The lowest BCUT2D eigenvalue weighted by molar-refractivity contribution is 0.920. The van der Waals surface area contributed by atoms with Crippen LogP contribution in [0.15, 0.2) is 47.5 Å². The first kappa shape index (κ1) is 10.7. The molecule has 0 saturated heterocycles. The Morgan fingerprint density at radius 2 is 1.89 bits per heavy atom. The second-order valence-electron chi connectivity index (χ2n) is 5.17. The molecule has 19 heavy (non-hydrogen) atoms. The molecule has 0 N–H and O–H groups in total. The second-order valence-corrected chi connectivity index (χ2v) is 5.17. The Morgan fingerprint density at radius 3 is 2.79 bits per heavy atom. The molecule has 0 unspecified atom stereocenters. The van der Waals surface area contributed by atoms with E-state index in [1.54, 1.807) is 0 Å². The summed E-state index contributed by atoms with van der Waals surface area (Å²) in [7, 11) is 0. The minimum Gasteiger partial charge on any atom is -0.247 e. The van der Waals surface area contributed by atoms with E-state index in [1.165, 1.54) is 34.2 Å². The highest BCUT2D eigenvalue weighted by molar-refractivity contribution is 6.43. The summed E-state index contributed by atoms with van der Waals surface area (Å²) >= 11 is 0. The topological polar surface area (TPSA) is 12.4 Å². The molecule has 1 heterocycles. The zero-order valence-corrected chi connectivity index (χ0v) is 11.0. The fourth-order valence-corrected chi connectivity index (χ4v) is 3.11. The van der Waals surface area contributed by atoms with Gasteiger partial charge in [-0.3, -0.25) is 0 Å². The van der Waals surface area contributed by atoms with Crippen LogP contribution in [0, 0.1) is 0 Å². The van der Waals surface area contributed by atoms with Gasteiger partial charge in [-0.25, -0.2) is 4.99 Å². The lowest BCUT2D eigenvalue weighted by atomic mass is 9.95. The number of rotatable bonds is 2. The van der Waals surface area contributed by atoms with Crippen molar-refractivity contribution in [3.8, 4) is 0 Å². The maximum atomic E-state index is 4.85. The van der Waals surface area contributed by atoms with E-state index in [0.29, 0.717) is 0 Å². The van der Waals surface area contributed by atoms with Crippen molar-refractivity contribution in [2.45, 2.75) is 19.8 Å². The molecule has 0 aromatic heterocycles. The standard InChI is InChI=1S/C18H15N/c1-2-6-12-8-5-10-16-17(12)15-11-13-7-3-4-9-14(13)18(15)19-16/h3-5,7-11H,2,6H2,1H3. The first-order valence-corrected chi connectivity index (χ1v) is 6.91. The normalized spacial score (nSPS) is 14.6. The molecular formula is C18H15N. The van der Waals surface area contributed by atoms with Crippen molar-refractivity contribution in [3.63, 3.8) is 0 Å². The highest BCUT2D eigenvalue weighted by Gasteiger charge is 2.29. The number of aryl methyl sites for hydroxylation is 1. The Hall–Kier alpha value is -2.15. The van der Waals surface area contributed by atoms with Crippen LogP contribution < -0.4 is 0 Å². The van der Waals surface area contributed by atoms with Gasteiger partial charge >= 0.3 is 0 Å². The van der Waals surface area contributed by atoms with Crippen molar-refractivity contribution in [2.75, 3.05) is 0 Å². The third kappa shape index (κ3) is 1.45. The van der Waals surface area contributed by atoms with Crippen molar-refractivity contribution in [3.05, 3.63) is 64.7 Å². The first-order valence-electron chi connectivity index (χ1n) is 6.91. The predicted molar refractivity (Wildman–Crippen MR) is 80.9 cm³/mol. The third-order valence-corrected chi connectivity index (χ3v) is 3.92. The quantitative estimate of drug-likeness (QED) is 0.731. The average molecular weight is 245 g/mol. The molecular weight excluding hydrogens is 230 g/mol. The lowest BCUT2D eigenvalue weighted by Gasteiger charge is -2.07. The third-order valence-electron chi connectivity index (χ3n) is 3.92. The minimum atomic E-state index is 1.12. The van der Waals surface area contributed by atoms with Crippen LogP contribution in [-0.4, -0.2) is 5.71 Å². The van der Waals surface area contributed by atoms with Gasteiger partial charge in [-0.2, -0.15) is 0 Å². The van der Waals surface area contributed by atoms with Crippen LogP contribution >= 0.6 is 0 Å². The van der Waals surface area contributed by atoms with E-state index >= 15 is 0 Å². The van der Waals surface area contributed by atoms with Gasteiger partial charge < -0.3 is 0 Å². The van der Waals surface area contributed by atoms with Gasteiger partial charge in [0, 0.05) is 16.7 Å². The zero-order chi connectivity index (χ0) is 12.8. The molecule has 0 radical (unpaired) electrons. The highest BCUT2D eigenvalue weighted by Crippen LogP contribution is 2.44. The van der Waals surface area contributed by atoms with Crippen LogP contribution in [0.25, 0.3) is 11.6 Å². The van der Waals surface area contributed by atoms with Crippen molar-refractivity contribution < 1.29 is 0 Å². The number of aliphatic imine (C=N–C) groups is 1. The SMILES string of the molecule is CCCc1cccc2c1C1=Cc3ccccc3C1=N2. The molecule has 2 aromatic rings. The Labute approximate surface area is 113 Å². The Morgan fingerprint density at radius 1 is 1.00 bits per heavy atom. The maximum absolute atomic E-state index is 4.85. The molecule has 0 fully saturated rings. The molecule has 2 aromatic carbocycles. The monoisotopic (exact) mass is 245 g/mol. The molecule has 0 bridgehead atoms. The minimum absolute atomic E-state index is 1.12. The smallest absolute Gasteiger partial charge is 0.0794 e. The van der Waals surface area contributed by atoms with E-state index in [-0.39, 0.29) is 0 Å². The van der Waals surface area contributed by atoms with E-state index in [1.807, 2.05) is 0 Å². The summed E-state index contributed by atoms with van der Waals surface area (Å²) in [5, 5.41) is 0. The van der Waals surface area contributed by atoms with Crippen LogP contribution in [-0.2, 0) is 6.42 Å². The van der Waals surface area contributed by atoms with Crippen LogP contribution in [0.1, 0.15) is 35.6 Å². The Bertz CT molecular complexity index is 735. The van der Waals surface area contributed by atoms with Crippen LogP contribution in [0.4, 0.5) is 5.69 Å². The second kappa shape index (κ2) is 3.92. The van der Waals surface area contributed by atoms with E-state index in [2.05, 4.69) is 55.5 Å². The largest absolute Gasteiger partial charge is 0.247 e. The van der Waals surface area contributed by atoms with E-state index < -0.39 is 0 Å². The van der Waals surface area contributed by atoms with E-state index in [9.17, 15) is 0 Å². The molecule has 1 heteroatoms. The lowest BCUT2D eigenvalue weighted by Crippen LogP contribution is -1.96. The number of fused-ring (bicyclic) bond motifs is 5. The molecule has 1 aliphatic carbocycles. The summed E-state index contributed by atoms with van der Waals surface area (Å²) in [4.78, 5) is 4.85. The molecule has 0 spiro atoms. The number of hydrogen-bond donors (Lipinski definition) is 0. The number of hydrogen-bond acceptors (Lipinski definition) is 1. The zero-order valence-electron chi connectivity index (χ0n) is 11.0. The number of nitrogens with zero attached hydrogens (tertiary/aromatic N) is 1. The fraction of sp³-hybridized carbons (Fsp3) is 0.167. The molecule has 0 atom stereocenters. The van der Waals surface area contributed by atoms with Gasteiger partial charge in [0.05, 0.1) is 11.4 Å². The first-order chi connectivity index (χ1) is 9.38. The molecule has 1 nitrogen and oxygen atoms in total. The molecule has 0 amide bonds. The Kier molecular flexibility index (Phi) is 2.22. The summed E-state index contributed by atoms with van der Waals surface area (Å²) in [6.45, 7) is 2.23. The Balaban J connectivity index is 1.93. The summed E-state index contributed by atoms with van der Waals surface area (Å²) in [5.74, 6) is 0. The molecule has 4 rings (SSSR count). The maximum Gasteiger partial charge on any atom is 0.0794 e. The summed E-state index contributed by atoms with van der Waals surface area (Å²) in [5.41, 5.74) is 8.98. The van der Waals surface area contributed by atoms with Crippen LogP contribution in [0.5, 0.6) is 0 Å². The highest BCUT2D eigenvalue weighted by atomic mass is 14.8. The molecule has 2 aliphatic rings. The van der Waals surface area contributed by atoms with Crippen molar-refractivity contribution in [1.82, 2.24) is 0 Å². The fourth-order valence-electron chi connectivity index (χ4n) is 3.11. The number of allylic oxidation sites excluding steroid dienone is 1. The summed E-state index contributed by atoms with van der Waals surface area (Å²) in [6.07, 6.45) is 4.59. The van der Waals surface area contributed by atoms with Crippen LogP contribution in [0.3, 0.4) is 0 Å². The van der Waals surface area contributed by atoms with E-state index in [4.69, 9.17) is 4.99 Å². The molecule has 92 valence electrons. The van der Waals surface area contributed by atoms with Gasteiger partial charge in [0.25, 0.3) is 0 Å². The van der Waals surface area contributed by atoms with Crippen molar-refractivity contribution in [2.24, 2.45) is 4.99 Å². The van der Waals surface area contributed by atoms with E-state index in [0.717, 1.165) is 17.8 Å². The average Bonchev–Trinajstić information content (AvgIpc) is 2.95. The van der Waals surface area contributed by atoms with Gasteiger partial charge in [-0.1, -0.05) is 49.7 Å². The summed E-state index contributed by atoms with van der Waals surface area (Å²) < 4.78 is 0. The van der Waals surface area contributed by atoms with Crippen LogP contribution in [0.2, 0.25) is 0 Å². The van der Waals surface area contributed by atoms with Gasteiger partial charge in [0.2, 0.25) is 0 Å². The van der Waals surface area contributed by atoms with Gasteiger partial charge in [-0.05, 0) is 29.7 Å². The number of benzene rings is 2. The van der Waals surface area contributed by atoms with Gasteiger partial charge in [0.15, 0.2) is 0 Å². The molecule has 0 saturated carbocycles.